The van der Waals surface area contributed by atoms with E-state index >= 15 is 0 Å². The van der Waals surface area contributed by atoms with Gasteiger partial charge in [0.25, 0.3) is 0 Å². The van der Waals surface area contributed by atoms with E-state index in [0.717, 1.165) is 23.0 Å². The van der Waals surface area contributed by atoms with Crippen molar-refractivity contribution < 1.29 is 9.90 Å². The molecule has 0 saturated carbocycles. The van der Waals surface area contributed by atoms with Gasteiger partial charge in [0, 0.05) is 18.5 Å². The summed E-state index contributed by atoms with van der Waals surface area (Å²) in [4.78, 5) is 18.5. The average Bonchev–Trinajstić information content (AvgIpc) is 2.17. The number of aryl methyl sites for hydroxylation is 1. The van der Waals surface area contributed by atoms with Crippen molar-refractivity contribution in [3.63, 3.8) is 0 Å². The summed E-state index contributed by atoms with van der Waals surface area (Å²) in [6.45, 7) is 3.73. The van der Waals surface area contributed by atoms with Crippen LogP contribution in [0, 0.1) is 6.92 Å². The number of nitrogens with zero attached hydrogens (tertiary/aromatic N) is 2. The van der Waals surface area contributed by atoms with Gasteiger partial charge >= 0.3 is 5.97 Å². The zero-order valence-electron chi connectivity index (χ0n) is 8.64. The fraction of sp³-hybridized carbons (Fsp3) is 0.182. The van der Waals surface area contributed by atoms with Crippen molar-refractivity contribution in [2.75, 3.05) is 0 Å². The second kappa shape index (κ2) is 5.05. The summed E-state index contributed by atoms with van der Waals surface area (Å²) in [5.74, 6) is -0.963. The largest absolute Gasteiger partial charge is 0.478 e. The van der Waals surface area contributed by atoms with E-state index in [1.54, 1.807) is 18.5 Å². The molecule has 0 bridgehead atoms. The van der Waals surface area contributed by atoms with Crippen molar-refractivity contribution in [1.29, 1.82) is 0 Å². The van der Waals surface area contributed by atoms with Crippen LogP contribution in [-0.2, 0) is 4.79 Å². The van der Waals surface area contributed by atoms with Crippen molar-refractivity contribution in [3.05, 3.63) is 42.0 Å². The molecule has 1 heterocycles. The molecular formula is C11H12N2O2. The summed E-state index contributed by atoms with van der Waals surface area (Å²) < 4.78 is 0. The number of hydrogen-bond acceptors (Lipinski definition) is 3. The van der Waals surface area contributed by atoms with Crippen molar-refractivity contribution in [2.45, 2.75) is 13.8 Å². The van der Waals surface area contributed by atoms with Gasteiger partial charge in [-0.05, 0) is 19.4 Å². The average molecular weight is 204 g/mol. The van der Waals surface area contributed by atoms with E-state index < -0.39 is 5.97 Å². The van der Waals surface area contributed by atoms with Gasteiger partial charge in [0.05, 0.1) is 11.4 Å². The molecule has 0 aliphatic carbocycles. The quantitative estimate of drug-likeness (QED) is 0.602. The van der Waals surface area contributed by atoms with E-state index in [1.165, 1.54) is 6.08 Å². The number of carboxylic acids is 1. The van der Waals surface area contributed by atoms with Crippen LogP contribution in [0.4, 0.5) is 0 Å². The maximum atomic E-state index is 10.2. The van der Waals surface area contributed by atoms with Gasteiger partial charge < -0.3 is 5.11 Å². The normalized spacial score (nSPS) is 12.0. The van der Waals surface area contributed by atoms with Gasteiger partial charge in [-0.3, -0.25) is 9.97 Å². The third-order valence-corrected chi connectivity index (χ3v) is 1.84. The number of carboxylic acid groups (broad SMARTS) is 1. The first kappa shape index (κ1) is 11.1. The molecule has 0 aromatic carbocycles. The van der Waals surface area contributed by atoms with Crippen LogP contribution < -0.4 is 0 Å². The smallest absolute Gasteiger partial charge is 0.328 e. The van der Waals surface area contributed by atoms with Crippen molar-refractivity contribution >= 4 is 11.5 Å². The number of carbonyl (C=O) groups is 1. The molecule has 0 saturated heterocycles. The molecule has 1 aromatic heterocycles. The number of allylic oxidation sites excluding steroid dienone is 3. The van der Waals surface area contributed by atoms with Gasteiger partial charge in [-0.2, -0.15) is 0 Å². The molecule has 1 aromatic rings. The molecule has 0 aliphatic rings. The molecule has 1 N–H and O–H groups in total. The van der Waals surface area contributed by atoms with Crippen LogP contribution in [0.25, 0.3) is 5.57 Å². The van der Waals surface area contributed by atoms with Gasteiger partial charge in [-0.25, -0.2) is 4.79 Å². The first-order chi connectivity index (χ1) is 7.11. The summed E-state index contributed by atoms with van der Waals surface area (Å²) in [6, 6.07) is 0. The monoisotopic (exact) mass is 204 g/mol. The second-order valence-electron chi connectivity index (χ2n) is 3.04. The number of rotatable bonds is 3. The molecule has 4 heteroatoms. The zero-order chi connectivity index (χ0) is 11.3. The van der Waals surface area contributed by atoms with E-state index in [0.29, 0.717) is 0 Å². The molecule has 15 heavy (non-hydrogen) atoms. The number of aliphatic carboxylic acids is 1. The highest BCUT2D eigenvalue weighted by molar-refractivity contribution is 5.80. The first-order valence-corrected chi connectivity index (χ1v) is 4.47. The Morgan fingerprint density at radius 1 is 1.40 bits per heavy atom. The standard InChI is InChI=1S/C11H12N2O2/c1-8(4-3-5-10(14)15)11-9(2)12-6-7-13-11/h3-7H,1-2H3,(H,14,15)/b5-3+,8-4-. The molecule has 0 unspecified atom stereocenters. The Balaban J connectivity index is 2.90. The molecule has 78 valence electrons. The van der Waals surface area contributed by atoms with E-state index in [9.17, 15) is 4.79 Å². The van der Waals surface area contributed by atoms with E-state index in [-0.39, 0.29) is 0 Å². The minimum atomic E-state index is -0.963. The van der Waals surface area contributed by atoms with Crippen LogP contribution in [0.5, 0.6) is 0 Å². The molecule has 0 atom stereocenters. The van der Waals surface area contributed by atoms with E-state index in [4.69, 9.17) is 5.11 Å². The number of aromatic nitrogens is 2. The molecule has 0 fully saturated rings. The Morgan fingerprint density at radius 2 is 2.07 bits per heavy atom. The third kappa shape index (κ3) is 3.34. The van der Waals surface area contributed by atoms with Crippen molar-refractivity contribution in [1.82, 2.24) is 9.97 Å². The lowest BCUT2D eigenvalue weighted by molar-refractivity contribution is -0.131. The van der Waals surface area contributed by atoms with E-state index in [2.05, 4.69) is 9.97 Å². The Kier molecular flexibility index (Phi) is 3.74. The number of hydrogen-bond donors (Lipinski definition) is 1. The van der Waals surface area contributed by atoms with Crippen LogP contribution in [0.3, 0.4) is 0 Å². The Labute approximate surface area is 88.0 Å². The van der Waals surface area contributed by atoms with Crippen LogP contribution in [0.15, 0.2) is 30.6 Å². The Bertz CT molecular complexity index is 422. The van der Waals surface area contributed by atoms with Crippen molar-refractivity contribution in [3.8, 4) is 0 Å². The lowest BCUT2D eigenvalue weighted by Crippen LogP contribution is -1.93. The molecule has 0 amide bonds. The maximum Gasteiger partial charge on any atom is 0.328 e. The topological polar surface area (TPSA) is 63.1 Å². The maximum absolute atomic E-state index is 10.2. The van der Waals surface area contributed by atoms with Crippen LogP contribution in [-0.4, -0.2) is 21.0 Å². The van der Waals surface area contributed by atoms with Crippen LogP contribution in [0.2, 0.25) is 0 Å². The second-order valence-corrected chi connectivity index (χ2v) is 3.04. The summed E-state index contributed by atoms with van der Waals surface area (Å²) in [5.41, 5.74) is 2.50. The predicted octanol–water partition coefficient (Wildman–Crippen LogP) is 1.83. The van der Waals surface area contributed by atoms with E-state index in [1.807, 2.05) is 13.8 Å². The fourth-order valence-electron chi connectivity index (χ4n) is 1.15. The first-order valence-electron chi connectivity index (χ1n) is 4.47. The summed E-state index contributed by atoms with van der Waals surface area (Å²) in [5, 5.41) is 8.41. The summed E-state index contributed by atoms with van der Waals surface area (Å²) in [6.07, 6.45) is 7.49. The van der Waals surface area contributed by atoms with Crippen LogP contribution >= 0.6 is 0 Å². The highest BCUT2D eigenvalue weighted by atomic mass is 16.4. The van der Waals surface area contributed by atoms with Gasteiger partial charge in [0.1, 0.15) is 0 Å². The van der Waals surface area contributed by atoms with Gasteiger partial charge in [0.15, 0.2) is 0 Å². The SMILES string of the molecule is C/C(=C/C=C/C(=O)O)c1nccnc1C. The molecule has 0 radical (unpaired) electrons. The Hall–Kier alpha value is -1.97. The fourth-order valence-corrected chi connectivity index (χ4v) is 1.15. The van der Waals surface area contributed by atoms with Crippen LogP contribution in [0.1, 0.15) is 18.3 Å². The zero-order valence-corrected chi connectivity index (χ0v) is 8.64. The van der Waals surface area contributed by atoms with Gasteiger partial charge in [-0.1, -0.05) is 12.2 Å². The third-order valence-electron chi connectivity index (χ3n) is 1.84. The lowest BCUT2D eigenvalue weighted by Gasteiger charge is -2.01. The van der Waals surface area contributed by atoms with Gasteiger partial charge in [-0.15, -0.1) is 0 Å². The molecule has 1 rings (SSSR count). The molecule has 0 spiro atoms. The lowest BCUT2D eigenvalue weighted by atomic mass is 10.1. The molecule has 0 aliphatic heterocycles. The minimum absolute atomic E-state index is 0.785. The van der Waals surface area contributed by atoms with Crippen molar-refractivity contribution in [2.24, 2.45) is 0 Å². The highest BCUT2D eigenvalue weighted by Crippen LogP contribution is 2.12. The minimum Gasteiger partial charge on any atom is -0.478 e. The predicted molar refractivity (Wildman–Crippen MR) is 57.2 cm³/mol. The summed E-state index contributed by atoms with van der Waals surface area (Å²) in [7, 11) is 0. The Morgan fingerprint density at radius 3 is 2.67 bits per heavy atom. The molecular weight excluding hydrogens is 192 g/mol. The summed E-state index contributed by atoms with van der Waals surface area (Å²) >= 11 is 0. The van der Waals surface area contributed by atoms with Gasteiger partial charge in [0.2, 0.25) is 0 Å². The molecule has 4 nitrogen and oxygen atoms in total. The highest BCUT2D eigenvalue weighted by Gasteiger charge is 2.00.